The van der Waals surface area contributed by atoms with Crippen molar-refractivity contribution in [2.75, 3.05) is 11.5 Å². The highest BCUT2D eigenvalue weighted by Crippen LogP contribution is 2.18. The van der Waals surface area contributed by atoms with Crippen LogP contribution in [0.2, 0.25) is 0 Å². The molecule has 0 spiro atoms. The van der Waals surface area contributed by atoms with E-state index in [1.165, 1.54) is 17.9 Å². The summed E-state index contributed by atoms with van der Waals surface area (Å²) in [5, 5.41) is 3.01. The summed E-state index contributed by atoms with van der Waals surface area (Å²) in [4.78, 5) is 12.0. The zero-order chi connectivity index (χ0) is 12.3. The van der Waals surface area contributed by atoms with Crippen LogP contribution in [0.3, 0.4) is 0 Å². The van der Waals surface area contributed by atoms with Gasteiger partial charge in [-0.3, -0.25) is 4.79 Å². The Hall–Kier alpha value is -1.03. The Bertz CT molecular complexity index is 416. The lowest BCUT2D eigenvalue weighted by atomic mass is 10.1. The average molecular weight is 253 g/mol. The molecule has 0 saturated carbocycles. The maximum absolute atomic E-state index is 12.9. The lowest BCUT2D eigenvalue weighted by Crippen LogP contribution is -2.38. The Morgan fingerprint density at radius 1 is 1.53 bits per heavy atom. The summed E-state index contributed by atoms with van der Waals surface area (Å²) in [5.41, 5.74) is 1.26. The lowest BCUT2D eigenvalue weighted by Gasteiger charge is -2.22. The summed E-state index contributed by atoms with van der Waals surface area (Å²) in [5.74, 6) is 1.77. The first-order chi connectivity index (χ1) is 8.16. The molecule has 1 N–H and O–H groups in total. The summed E-state index contributed by atoms with van der Waals surface area (Å²) in [6.45, 7) is 1.76. The van der Waals surface area contributed by atoms with Crippen LogP contribution in [-0.4, -0.2) is 23.5 Å². The van der Waals surface area contributed by atoms with Crippen LogP contribution >= 0.6 is 11.8 Å². The predicted octanol–water partition coefficient (Wildman–Crippen LogP) is 2.76. The van der Waals surface area contributed by atoms with E-state index in [1.54, 1.807) is 13.0 Å². The van der Waals surface area contributed by atoms with Crippen LogP contribution in [0.5, 0.6) is 0 Å². The molecule has 1 aliphatic rings. The fraction of sp³-hybridized carbons (Fsp3) is 0.462. The second-order valence-electron chi connectivity index (χ2n) is 4.35. The molecule has 1 atom stereocenters. The van der Waals surface area contributed by atoms with Crippen molar-refractivity contribution in [3.05, 3.63) is 35.1 Å². The van der Waals surface area contributed by atoms with E-state index in [0.717, 1.165) is 18.6 Å². The number of carbonyl (C=O) groups is 1. The van der Waals surface area contributed by atoms with Crippen LogP contribution in [0, 0.1) is 12.7 Å². The number of halogens is 1. The maximum atomic E-state index is 12.9. The first-order valence-corrected chi connectivity index (χ1v) is 6.97. The van der Waals surface area contributed by atoms with E-state index in [9.17, 15) is 9.18 Å². The fourth-order valence-electron chi connectivity index (χ4n) is 2.00. The predicted molar refractivity (Wildman–Crippen MR) is 69.0 cm³/mol. The molecular weight excluding hydrogens is 237 g/mol. The second-order valence-corrected chi connectivity index (χ2v) is 5.50. The molecule has 0 aromatic heterocycles. The van der Waals surface area contributed by atoms with Crippen LogP contribution in [0.25, 0.3) is 0 Å². The van der Waals surface area contributed by atoms with Crippen LogP contribution < -0.4 is 5.32 Å². The van der Waals surface area contributed by atoms with Gasteiger partial charge in [-0.2, -0.15) is 11.8 Å². The molecule has 2 nitrogen and oxygen atoms in total. The van der Waals surface area contributed by atoms with Crippen LogP contribution in [0.15, 0.2) is 18.2 Å². The Balaban J connectivity index is 2.03. The molecule has 1 unspecified atom stereocenters. The van der Waals surface area contributed by atoms with Crippen molar-refractivity contribution in [2.24, 2.45) is 0 Å². The molecule has 1 aliphatic heterocycles. The summed E-state index contributed by atoms with van der Waals surface area (Å²) in [7, 11) is 0. The van der Waals surface area contributed by atoms with Crippen LogP contribution in [0.1, 0.15) is 28.8 Å². The largest absolute Gasteiger partial charge is 0.348 e. The number of rotatable bonds is 2. The number of hydrogen-bond acceptors (Lipinski definition) is 2. The fourth-order valence-corrected chi connectivity index (χ4v) is 3.07. The van der Waals surface area contributed by atoms with Crippen molar-refractivity contribution < 1.29 is 9.18 Å². The van der Waals surface area contributed by atoms with E-state index < -0.39 is 0 Å². The quantitative estimate of drug-likeness (QED) is 0.878. The number of nitrogens with one attached hydrogen (secondary N) is 1. The van der Waals surface area contributed by atoms with Gasteiger partial charge in [0.15, 0.2) is 0 Å². The molecule has 1 aromatic rings. The number of aryl methyl sites for hydroxylation is 1. The monoisotopic (exact) mass is 253 g/mol. The summed E-state index contributed by atoms with van der Waals surface area (Å²) >= 11 is 1.87. The zero-order valence-electron chi connectivity index (χ0n) is 9.83. The van der Waals surface area contributed by atoms with Gasteiger partial charge in [0.25, 0.3) is 5.91 Å². The van der Waals surface area contributed by atoms with Crippen molar-refractivity contribution >= 4 is 17.7 Å². The third kappa shape index (κ3) is 3.22. The number of hydrogen-bond donors (Lipinski definition) is 1. The molecule has 1 heterocycles. The smallest absolute Gasteiger partial charge is 0.251 e. The van der Waals surface area contributed by atoms with Gasteiger partial charge in [-0.15, -0.1) is 0 Å². The standard InChI is InChI=1S/C13H16FNOS/c1-9-7-10(14)4-5-12(9)13(16)15-11-3-2-6-17-8-11/h4-5,7,11H,2-3,6,8H2,1H3,(H,15,16). The molecule has 0 bridgehead atoms. The van der Waals surface area contributed by atoms with Crippen LogP contribution in [-0.2, 0) is 0 Å². The van der Waals surface area contributed by atoms with Crippen molar-refractivity contribution in [3.63, 3.8) is 0 Å². The highest BCUT2D eigenvalue weighted by molar-refractivity contribution is 7.99. The highest BCUT2D eigenvalue weighted by Gasteiger charge is 2.17. The van der Waals surface area contributed by atoms with E-state index in [0.29, 0.717) is 11.1 Å². The molecule has 1 amide bonds. The third-order valence-electron chi connectivity index (χ3n) is 2.93. The molecule has 1 fully saturated rings. The van der Waals surface area contributed by atoms with E-state index >= 15 is 0 Å². The first-order valence-electron chi connectivity index (χ1n) is 5.81. The summed E-state index contributed by atoms with van der Waals surface area (Å²) in [6.07, 6.45) is 2.19. The van der Waals surface area contributed by atoms with Gasteiger partial charge in [0.2, 0.25) is 0 Å². The molecule has 17 heavy (non-hydrogen) atoms. The summed E-state index contributed by atoms with van der Waals surface area (Å²) < 4.78 is 12.9. The van der Waals surface area contributed by atoms with Crippen molar-refractivity contribution in [2.45, 2.75) is 25.8 Å². The van der Waals surface area contributed by atoms with E-state index in [4.69, 9.17) is 0 Å². The van der Waals surface area contributed by atoms with Crippen molar-refractivity contribution in [3.8, 4) is 0 Å². The maximum Gasteiger partial charge on any atom is 0.251 e. The van der Waals surface area contributed by atoms with E-state index in [-0.39, 0.29) is 17.8 Å². The molecule has 0 aliphatic carbocycles. The van der Waals surface area contributed by atoms with Crippen LogP contribution in [0.4, 0.5) is 4.39 Å². The van der Waals surface area contributed by atoms with Crippen molar-refractivity contribution in [1.29, 1.82) is 0 Å². The molecule has 92 valence electrons. The van der Waals surface area contributed by atoms with Gasteiger partial charge in [0.05, 0.1) is 0 Å². The SMILES string of the molecule is Cc1cc(F)ccc1C(=O)NC1CCCSC1. The number of amides is 1. The Kier molecular flexibility index (Phi) is 4.05. The first kappa shape index (κ1) is 12.4. The van der Waals surface area contributed by atoms with E-state index in [1.807, 2.05) is 11.8 Å². The number of thioether (sulfide) groups is 1. The topological polar surface area (TPSA) is 29.1 Å². The molecule has 1 saturated heterocycles. The number of benzene rings is 1. The molecule has 4 heteroatoms. The molecular formula is C13H16FNOS. The minimum Gasteiger partial charge on any atom is -0.348 e. The Morgan fingerprint density at radius 2 is 2.35 bits per heavy atom. The minimum atomic E-state index is -0.299. The highest BCUT2D eigenvalue weighted by atomic mass is 32.2. The Labute approximate surface area is 105 Å². The summed E-state index contributed by atoms with van der Waals surface area (Å²) in [6, 6.07) is 4.53. The normalized spacial score (nSPS) is 20.0. The van der Waals surface area contributed by atoms with Gasteiger partial charge in [0.1, 0.15) is 5.82 Å². The molecule has 0 radical (unpaired) electrons. The van der Waals surface area contributed by atoms with Crippen molar-refractivity contribution in [1.82, 2.24) is 5.32 Å². The Morgan fingerprint density at radius 3 is 3.00 bits per heavy atom. The van der Waals surface area contributed by atoms with Gasteiger partial charge < -0.3 is 5.32 Å². The zero-order valence-corrected chi connectivity index (χ0v) is 10.6. The van der Waals surface area contributed by atoms with Gasteiger partial charge in [-0.1, -0.05) is 0 Å². The third-order valence-corrected chi connectivity index (χ3v) is 4.14. The van der Waals surface area contributed by atoms with Gasteiger partial charge in [-0.25, -0.2) is 4.39 Å². The molecule has 2 rings (SSSR count). The van der Waals surface area contributed by atoms with Gasteiger partial charge >= 0.3 is 0 Å². The number of carbonyl (C=O) groups excluding carboxylic acids is 1. The average Bonchev–Trinajstić information content (AvgIpc) is 2.30. The lowest BCUT2D eigenvalue weighted by molar-refractivity contribution is 0.0938. The second kappa shape index (κ2) is 5.54. The minimum absolute atomic E-state index is 0.0880. The van der Waals surface area contributed by atoms with Gasteiger partial charge in [-0.05, 0) is 49.3 Å². The molecule has 1 aromatic carbocycles. The van der Waals surface area contributed by atoms with E-state index in [2.05, 4.69) is 5.32 Å². The van der Waals surface area contributed by atoms with Gasteiger partial charge in [0, 0.05) is 17.4 Å².